The average Bonchev–Trinajstić information content (AvgIpc) is 3.29. The van der Waals surface area contributed by atoms with Crippen molar-refractivity contribution in [1.82, 2.24) is 15.3 Å². The summed E-state index contributed by atoms with van der Waals surface area (Å²) in [4.78, 5) is 21.0. The Balaban J connectivity index is 1.45. The SMILES string of the molecule is Cc1c(-c2cc3cc(NC(=O)N[C@H]4CC[C@H](C#N)C4)ncc3c(N)c2F)cnc2c1NCCO2. The Morgan fingerprint density at radius 1 is 1.29 bits per heavy atom. The Labute approximate surface area is 195 Å². The Morgan fingerprint density at radius 2 is 2.15 bits per heavy atom. The summed E-state index contributed by atoms with van der Waals surface area (Å²) in [5.41, 5.74) is 8.55. The van der Waals surface area contributed by atoms with Crippen LogP contribution in [0.25, 0.3) is 21.9 Å². The van der Waals surface area contributed by atoms with Gasteiger partial charge < -0.3 is 21.1 Å². The van der Waals surface area contributed by atoms with Crippen LogP contribution < -0.4 is 26.4 Å². The van der Waals surface area contributed by atoms with Gasteiger partial charge in [0.05, 0.1) is 11.8 Å². The number of halogens is 1. The van der Waals surface area contributed by atoms with Crippen molar-refractivity contribution in [2.75, 3.05) is 29.5 Å². The first-order chi connectivity index (χ1) is 16.4. The number of benzene rings is 1. The van der Waals surface area contributed by atoms with Crippen molar-refractivity contribution in [2.24, 2.45) is 5.92 Å². The van der Waals surface area contributed by atoms with Gasteiger partial charge in [-0.1, -0.05) is 0 Å². The first kappa shape index (κ1) is 21.7. The summed E-state index contributed by atoms with van der Waals surface area (Å²) in [5, 5.41) is 19.0. The highest BCUT2D eigenvalue weighted by atomic mass is 19.1. The van der Waals surface area contributed by atoms with Crippen LogP contribution in [0.1, 0.15) is 24.8 Å². The molecule has 0 radical (unpaired) electrons. The number of carbonyl (C=O) groups is 1. The summed E-state index contributed by atoms with van der Waals surface area (Å²) < 4.78 is 20.9. The highest BCUT2D eigenvalue weighted by molar-refractivity contribution is 6.00. The number of amides is 2. The standard InChI is InChI=1S/C24H24FN7O2/c1-12-17(10-30-23-22(12)28-4-5-34-23)16-7-14-8-19(29-11-18(14)21(27)20(16)25)32-24(33)31-15-3-2-13(6-15)9-26/h7-8,10-11,13,15,28H,2-6,27H2,1H3,(H2,29,31,32,33)/t13-,15-/m0/s1. The lowest BCUT2D eigenvalue weighted by atomic mass is 9.97. The number of nitrogen functional groups attached to an aromatic ring is 1. The van der Waals surface area contributed by atoms with E-state index in [0.29, 0.717) is 53.2 Å². The van der Waals surface area contributed by atoms with Crippen LogP contribution >= 0.6 is 0 Å². The van der Waals surface area contributed by atoms with Crippen molar-refractivity contribution < 1.29 is 13.9 Å². The highest BCUT2D eigenvalue weighted by Gasteiger charge is 2.26. The number of urea groups is 1. The summed E-state index contributed by atoms with van der Waals surface area (Å²) in [6.45, 7) is 3.04. The molecule has 5 rings (SSSR count). The number of pyridine rings is 2. The molecule has 2 amide bonds. The van der Waals surface area contributed by atoms with Crippen molar-refractivity contribution in [2.45, 2.75) is 32.2 Å². The summed E-state index contributed by atoms with van der Waals surface area (Å²) in [6, 6.07) is 5.14. The summed E-state index contributed by atoms with van der Waals surface area (Å²) in [5.74, 6) is 0.227. The van der Waals surface area contributed by atoms with Crippen molar-refractivity contribution in [3.63, 3.8) is 0 Å². The van der Waals surface area contributed by atoms with Crippen LogP contribution in [-0.4, -0.2) is 35.2 Å². The molecule has 0 unspecified atom stereocenters. The molecule has 2 aromatic heterocycles. The number of carbonyl (C=O) groups excluding carboxylic acids is 1. The number of nitriles is 1. The largest absolute Gasteiger partial charge is 0.474 e. The summed E-state index contributed by atoms with van der Waals surface area (Å²) in [7, 11) is 0. The molecule has 0 spiro atoms. The molecule has 5 N–H and O–H groups in total. The van der Waals surface area contributed by atoms with Crippen LogP contribution in [0, 0.1) is 30.0 Å². The second-order valence-electron chi connectivity index (χ2n) is 8.63. The minimum Gasteiger partial charge on any atom is -0.474 e. The van der Waals surface area contributed by atoms with Crippen LogP contribution in [0.4, 0.5) is 26.4 Å². The molecule has 0 saturated heterocycles. The van der Waals surface area contributed by atoms with E-state index in [1.807, 2.05) is 6.92 Å². The van der Waals surface area contributed by atoms with E-state index in [0.717, 1.165) is 24.1 Å². The number of hydrogen-bond acceptors (Lipinski definition) is 7. The molecule has 10 heteroatoms. The topological polar surface area (TPSA) is 138 Å². The van der Waals surface area contributed by atoms with E-state index >= 15 is 4.39 Å². The zero-order valence-corrected chi connectivity index (χ0v) is 18.6. The van der Waals surface area contributed by atoms with Gasteiger partial charge in [-0.3, -0.25) is 5.32 Å². The second kappa shape index (κ2) is 8.67. The Morgan fingerprint density at radius 3 is 2.94 bits per heavy atom. The lowest BCUT2D eigenvalue weighted by Crippen LogP contribution is -2.36. The third-order valence-electron chi connectivity index (χ3n) is 6.43. The number of ether oxygens (including phenoxy) is 1. The van der Waals surface area contributed by atoms with Gasteiger partial charge in [0, 0.05) is 47.4 Å². The molecule has 9 nitrogen and oxygen atoms in total. The molecule has 174 valence electrons. The lowest BCUT2D eigenvalue weighted by molar-refractivity contribution is 0.248. The number of hydrogen-bond donors (Lipinski definition) is 4. The maximum Gasteiger partial charge on any atom is 0.320 e. The van der Waals surface area contributed by atoms with Gasteiger partial charge in [0.25, 0.3) is 0 Å². The predicted octanol–water partition coefficient (Wildman–Crippen LogP) is 3.94. The molecule has 2 atom stereocenters. The monoisotopic (exact) mass is 461 g/mol. The van der Waals surface area contributed by atoms with Gasteiger partial charge in [0.15, 0.2) is 5.82 Å². The molecule has 3 aromatic rings. The third kappa shape index (κ3) is 3.90. The number of rotatable bonds is 3. The quantitative estimate of drug-likeness (QED) is 0.433. The van der Waals surface area contributed by atoms with E-state index in [4.69, 9.17) is 15.7 Å². The lowest BCUT2D eigenvalue weighted by Gasteiger charge is -2.22. The number of aromatic nitrogens is 2. The maximum atomic E-state index is 15.3. The highest BCUT2D eigenvalue weighted by Crippen LogP contribution is 2.39. The Kier molecular flexibility index (Phi) is 5.53. The zero-order chi connectivity index (χ0) is 23.8. The summed E-state index contributed by atoms with van der Waals surface area (Å²) in [6.07, 6.45) is 5.21. The fraction of sp³-hybridized carbons (Fsp3) is 0.333. The van der Waals surface area contributed by atoms with Gasteiger partial charge >= 0.3 is 6.03 Å². The van der Waals surface area contributed by atoms with Gasteiger partial charge in [-0.05, 0) is 49.3 Å². The molecule has 1 aliphatic heterocycles. The normalized spacial score (nSPS) is 19.0. The van der Waals surface area contributed by atoms with E-state index in [9.17, 15) is 4.79 Å². The van der Waals surface area contributed by atoms with Crippen LogP contribution in [0.2, 0.25) is 0 Å². The number of nitrogens with zero attached hydrogens (tertiary/aromatic N) is 3. The number of nitrogens with one attached hydrogen (secondary N) is 3. The molecule has 1 aliphatic carbocycles. The first-order valence-electron chi connectivity index (χ1n) is 11.2. The van der Waals surface area contributed by atoms with Crippen LogP contribution in [0.15, 0.2) is 24.5 Å². The maximum absolute atomic E-state index is 15.3. The zero-order valence-electron chi connectivity index (χ0n) is 18.6. The Bertz CT molecular complexity index is 1340. The molecule has 1 aromatic carbocycles. The average molecular weight is 462 g/mol. The van der Waals surface area contributed by atoms with Crippen molar-refractivity contribution >= 4 is 34.0 Å². The minimum absolute atomic E-state index is 0.0224. The van der Waals surface area contributed by atoms with Crippen molar-refractivity contribution in [3.05, 3.63) is 35.9 Å². The van der Waals surface area contributed by atoms with Crippen LogP contribution in [-0.2, 0) is 0 Å². The smallest absolute Gasteiger partial charge is 0.320 e. The van der Waals surface area contributed by atoms with Crippen molar-refractivity contribution in [1.29, 1.82) is 5.26 Å². The fourth-order valence-corrected chi connectivity index (χ4v) is 4.62. The van der Waals surface area contributed by atoms with Gasteiger partial charge in [0.2, 0.25) is 5.88 Å². The predicted molar refractivity (Wildman–Crippen MR) is 127 cm³/mol. The number of fused-ring (bicyclic) bond motifs is 2. The molecule has 0 bridgehead atoms. The van der Waals surface area contributed by atoms with E-state index in [1.54, 1.807) is 18.3 Å². The van der Waals surface area contributed by atoms with Gasteiger partial charge in [-0.15, -0.1) is 0 Å². The molecule has 34 heavy (non-hydrogen) atoms. The molecule has 2 aliphatic rings. The van der Waals surface area contributed by atoms with Crippen LogP contribution in [0.5, 0.6) is 5.88 Å². The van der Waals surface area contributed by atoms with Gasteiger partial charge in [0.1, 0.15) is 18.1 Å². The fourth-order valence-electron chi connectivity index (χ4n) is 4.62. The molecule has 1 saturated carbocycles. The third-order valence-corrected chi connectivity index (χ3v) is 6.43. The van der Waals surface area contributed by atoms with E-state index in [-0.39, 0.29) is 17.6 Å². The summed E-state index contributed by atoms with van der Waals surface area (Å²) >= 11 is 0. The van der Waals surface area contributed by atoms with Gasteiger partial charge in [-0.25, -0.2) is 19.2 Å². The first-order valence-corrected chi connectivity index (χ1v) is 11.2. The second-order valence-corrected chi connectivity index (χ2v) is 8.63. The number of nitrogens with two attached hydrogens (primary N) is 1. The minimum atomic E-state index is -0.553. The molecule has 1 fully saturated rings. The van der Waals surface area contributed by atoms with E-state index in [1.165, 1.54) is 6.20 Å². The van der Waals surface area contributed by atoms with E-state index < -0.39 is 11.8 Å². The Hall–Kier alpha value is -4.13. The van der Waals surface area contributed by atoms with E-state index in [2.05, 4.69) is 32.0 Å². The number of anilines is 3. The van der Waals surface area contributed by atoms with Crippen molar-refractivity contribution in [3.8, 4) is 23.1 Å². The molecule has 3 heterocycles. The molecular weight excluding hydrogens is 437 g/mol. The van der Waals surface area contributed by atoms with Gasteiger partial charge in [-0.2, -0.15) is 5.26 Å². The molecular formula is C24H24FN7O2. The van der Waals surface area contributed by atoms with Crippen LogP contribution in [0.3, 0.4) is 0 Å².